The van der Waals surface area contributed by atoms with Gasteiger partial charge in [0.1, 0.15) is 6.07 Å². The third-order valence-electron chi connectivity index (χ3n) is 3.58. The summed E-state index contributed by atoms with van der Waals surface area (Å²) in [5, 5.41) is 11.2. The highest BCUT2D eigenvalue weighted by atomic mass is 15.1. The number of rotatable bonds is 2. The summed E-state index contributed by atoms with van der Waals surface area (Å²) in [6.07, 6.45) is 3.53. The maximum Gasteiger partial charge on any atom is 0.101 e. The standard InChI is InChI=1S/C17H14N4/c1-21(16-5-3-2-4-12(16)10-18)17-7-6-15(19)13-8-9-20-11-14(13)17/h2-9,11H,19H2,1H3. The highest BCUT2D eigenvalue weighted by Crippen LogP contribution is 2.34. The van der Waals surface area contributed by atoms with E-state index >= 15 is 0 Å². The summed E-state index contributed by atoms with van der Waals surface area (Å²) in [5.41, 5.74) is 9.20. The predicted octanol–water partition coefficient (Wildman–Crippen LogP) is 3.46. The monoisotopic (exact) mass is 274 g/mol. The van der Waals surface area contributed by atoms with E-state index in [0.717, 1.165) is 27.8 Å². The van der Waals surface area contributed by atoms with Crippen molar-refractivity contribution in [3.63, 3.8) is 0 Å². The highest BCUT2D eigenvalue weighted by Gasteiger charge is 2.12. The second-order valence-corrected chi connectivity index (χ2v) is 4.78. The topological polar surface area (TPSA) is 65.9 Å². The molecule has 0 aliphatic carbocycles. The van der Waals surface area contributed by atoms with E-state index in [1.54, 1.807) is 12.4 Å². The van der Waals surface area contributed by atoms with E-state index in [1.165, 1.54) is 0 Å². The van der Waals surface area contributed by atoms with Gasteiger partial charge in [-0.25, -0.2) is 0 Å². The van der Waals surface area contributed by atoms with Crippen LogP contribution >= 0.6 is 0 Å². The van der Waals surface area contributed by atoms with Crippen LogP contribution in [0.1, 0.15) is 5.56 Å². The second-order valence-electron chi connectivity index (χ2n) is 4.78. The number of hydrogen-bond donors (Lipinski definition) is 1. The van der Waals surface area contributed by atoms with Gasteiger partial charge in [-0.05, 0) is 30.3 Å². The zero-order valence-electron chi connectivity index (χ0n) is 11.6. The van der Waals surface area contributed by atoms with Gasteiger partial charge in [-0.2, -0.15) is 5.26 Å². The maximum absolute atomic E-state index is 9.26. The van der Waals surface area contributed by atoms with Crippen molar-refractivity contribution in [2.24, 2.45) is 0 Å². The van der Waals surface area contributed by atoms with Gasteiger partial charge in [0, 0.05) is 35.9 Å². The van der Waals surface area contributed by atoms with Crippen LogP contribution in [0.25, 0.3) is 10.8 Å². The molecule has 4 heteroatoms. The van der Waals surface area contributed by atoms with Gasteiger partial charge in [-0.15, -0.1) is 0 Å². The predicted molar refractivity (Wildman–Crippen MR) is 85.4 cm³/mol. The maximum atomic E-state index is 9.26. The number of anilines is 3. The fraction of sp³-hybridized carbons (Fsp3) is 0.0588. The van der Waals surface area contributed by atoms with E-state index in [-0.39, 0.29) is 0 Å². The Hall–Kier alpha value is -3.06. The second kappa shape index (κ2) is 5.14. The highest BCUT2D eigenvalue weighted by molar-refractivity contribution is 6.02. The molecule has 2 N–H and O–H groups in total. The Bertz CT molecular complexity index is 849. The van der Waals surface area contributed by atoms with Crippen LogP contribution in [0.2, 0.25) is 0 Å². The average molecular weight is 274 g/mol. The van der Waals surface area contributed by atoms with E-state index in [1.807, 2.05) is 54.4 Å². The minimum Gasteiger partial charge on any atom is -0.398 e. The van der Waals surface area contributed by atoms with Gasteiger partial charge < -0.3 is 10.6 Å². The van der Waals surface area contributed by atoms with Crippen LogP contribution in [0.5, 0.6) is 0 Å². The molecule has 2 aromatic carbocycles. The number of fused-ring (bicyclic) bond motifs is 1. The van der Waals surface area contributed by atoms with Crippen molar-refractivity contribution in [2.45, 2.75) is 0 Å². The number of aromatic nitrogens is 1. The first-order chi connectivity index (χ1) is 10.2. The molecular formula is C17H14N4. The number of nitriles is 1. The van der Waals surface area contributed by atoms with Crippen LogP contribution in [0, 0.1) is 11.3 Å². The number of para-hydroxylation sites is 1. The zero-order valence-corrected chi connectivity index (χ0v) is 11.6. The van der Waals surface area contributed by atoms with Crippen LogP contribution < -0.4 is 10.6 Å². The van der Waals surface area contributed by atoms with Crippen molar-refractivity contribution in [3.05, 3.63) is 60.4 Å². The lowest BCUT2D eigenvalue weighted by molar-refractivity contribution is 1.21. The molecule has 0 saturated heterocycles. The molecule has 0 fully saturated rings. The Morgan fingerprint density at radius 3 is 2.67 bits per heavy atom. The Morgan fingerprint density at radius 1 is 1.05 bits per heavy atom. The summed E-state index contributed by atoms with van der Waals surface area (Å²) >= 11 is 0. The van der Waals surface area contributed by atoms with Crippen molar-refractivity contribution in [3.8, 4) is 6.07 Å². The van der Waals surface area contributed by atoms with Crippen molar-refractivity contribution in [1.82, 2.24) is 4.98 Å². The first kappa shape index (κ1) is 12.9. The minimum absolute atomic E-state index is 0.633. The summed E-state index contributed by atoms with van der Waals surface area (Å²) < 4.78 is 0. The Kier molecular flexibility index (Phi) is 3.17. The number of nitrogens with zero attached hydrogens (tertiary/aromatic N) is 3. The van der Waals surface area contributed by atoms with Crippen LogP contribution in [-0.2, 0) is 0 Å². The van der Waals surface area contributed by atoms with Crippen molar-refractivity contribution >= 4 is 27.8 Å². The molecule has 1 aromatic heterocycles. The van der Waals surface area contributed by atoms with Gasteiger partial charge in [0.2, 0.25) is 0 Å². The number of nitrogen functional groups attached to an aromatic ring is 1. The summed E-state index contributed by atoms with van der Waals surface area (Å²) in [4.78, 5) is 6.17. The zero-order chi connectivity index (χ0) is 14.8. The first-order valence-electron chi connectivity index (χ1n) is 6.57. The van der Waals surface area contributed by atoms with Gasteiger partial charge in [-0.1, -0.05) is 12.1 Å². The molecule has 4 nitrogen and oxygen atoms in total. The average Bonchev–Trinajstić information content (AvgIpc) is 2.55. The lowest BCUT2D eigenvalue weighted by atomic mass is 10.1. The summed E-state index contributed by atoms with van der Waals surface area (Å²) in [6, 6.07) is 15.5. The molecule has 1 heterocycles. The van der Waals surface area contributed by atoms with E-state index in [4.69, 9.17) is 5.73 Å². The molecule has 0 aliphatic heterocycles. The molecule has 3 aromatic rings. The number of hydrogen-bond acceptors (Lipinski definition) is 4. The van der Waals surface area contributed by atoms with Gasteiger partial charge >= 0.3 is 0 Å². The molecule has 0 atom stereocenters. The van der Waals surface area contributed by atoms with Gasteiger partial charge in [-0.3, -0.25) is 4.98 Å². The Balaban J connectivity index is 2.21. The van der Waals surface area contributed by atoms with Gasteiger partial charge in [0.25, 0.3) is 0 Å². The summed E-state index contributed by atoms with van der Waals surface area (Å²) in [7, 11) is 1.94. The molecule has 0 amide bonds. The van der Waals surface area contributed by atoms with Gasteiger partial charge in [0.05, 0.1) is 16.9 Å². The molecule has 0 saturated carbocycles. The van der Waals surface area contributed by atoms with Crippen molar-refractivity contribution in [1.29, 1.82) is 5.26 Å². The lowest BCUT2D eigenvalue weighted by Gasteiger charge is -2.22. The van der Waals surface area contributed by atoms with Crippen LogP contribution in [-0.4, -0.2) is 12.0 Å². The smallest absolute Gasteiger partial charge is 0.101 e. The van der Waals surface area contributed by atoms with Crippen LogP contribution in [0.4, 0.5) is 17.1 Å². The minimum atomic E-state index is 0.633. The van der Waals surface area contributed by atoms with E-state index in [9.17, 15) is 5.26 Å². The molecular weight excluding hydrogens is 260 g/mol. The molecule has 0 spiro atoms. The molecule has 21 heavy (non-hydrogen) atoms. The number of nitrogens with two attached hydrogens (primary N) is 1. The summed E-state index contributed by atoms with van der Waals surface area (Å²) in [5.74, 6) is 0. The molecule has 0 bridgehead atoms. The molecule has 0 aliphatic rings. The summed E-state index contributed by atoms with van der Waals surface area (Å²) in [6.45, 7) is 0. The Morgan fingerprint density at radius 2 is 1.86 bits per heavy atom. The third-order valence-corrected chi connectivity index (χ3v) is 3.58. The lowest BCUT2D eigenvalue weighted by Crippen LogP contribution is -2.11. The number of benzene rings is 2. The van der Waals surface area contributed by atoms with Crippen molar-refractivity contribution in [2.75, 3.05) is 17.7 Å². The fourth-order valence-corrected chi connectivity index (χ4v) is 2.48. The molecule has 3 rings (SSSR count). The quantitative estimate of drug-likeness (QED) is 0.727. The van der Waals surface area contributed by atoms with E-state index < -0.39 is 0 Å². The first-order valence-corrected chi connectivity index (χ1v) is 6.57. The van der Waals surface area contributed by atoms with E-state index in [2.05, 4.69) is 11.1 Å². The molecule has 0 radical (unpaired) electrons. The largest absolute Gasteiger partial charge is 0.398 e. The van der Waals surface area contributed by atoms with Crippen LogP contribution in [0.3, 0.4) is 0 Å². The number of pyridine rings is 1. The van der Waals surface area contributed by atoms with Crippen LogP contribution in [0.15, 0.2) is 54.9 Å². The normalized spacial score (nSPS) is 10.3. The van der Waals surface area contributed by atoms with Crippen molar-refractivity contribution < 1.29 is 0 Å². The van der Waals surface area contributed by atoms with Gasteiger partial charge in [0.15, 0.2) is 0 Å². The Labute approximate surface area is 123 Å². The van der Waals surface area contributed by atoms with E-state index in [0.29, 0.717) is 5.56 Å². The molecule has 102 valence electrons. The third kappa shape index (κ3) is 2.15. The fourth-order valence-electron chi connectivity index (χ4n) is 2.48. The SMILES string of the molecule is CN(c1ccccc1C#N)c1ccc(N)c2ccncc12. The molecule has 0 unspecified atom stereocenters.